The van der Waals surface area contributed by atoms with Gasteiger partial charge >= 0.3 is 0 Å². The maximum Gasteiger partial charge on any atom is 0.247 e. The molecule has 18 heavy (non-hydrogen) atoms. The molecule has 8 heteroatoms. The van der Waals surface area contributed by atoms with Crippen molar-refractivity contribution in [1.82, 2.24) is 9.62 Å². The highest BCUT2D eigenvalue weighted by atomic mass is 32.2. The minimum atomic E-state index is -3.13. The molecule has 1 aliphatic heterocycles. The molecule has 106 valence electrons. The molecular weight excluding hydrogens is 258 g/mol. The predicted octanol–water partition coefficient (Wildman–Crippen LogP) is -1.91. The first-order valence-electron chi connectivity index (χ1n) is 5.94. The Morgan fingerprint density at radius 2 is 2.28 bits per heavy atom. The molecule has 0 bridgehead atoms. The van der Waals surface area contributed by atoms with Crippen LogP contribution in [0.2, 0.25) is 0 Å². The molecule has 0 saturated carbocycles. The van der Waals surface area contributed by atoms with E-state index in [1.54, 1.807) is 0 Å². The summed E-state index contributed by atoms with van der Waals surface area (Å²) >= 11 is 0. The van der Waals surface area contributed by atoms with Gasteiger partial charge in [0.05, 0.1) is 6.26 Å². The lowest BCUT2D eigenvalue weighted by atomic mass is 10.00. The minimum absolute atomic E-state index is 0.102. The number of rotatable bonds is 6. The number of hydrogen-bond donors (Lipinski definition) is 3. The largest absolute Gasteiger partial charge is 0.382 e. The van der Waals surface area contributed by atoms with E-state index in [-0.39, 0.29) is 12.5 Å². The van der Waals surface area contributed by atoms with Gasteiger partial charge in [-0.3, -0.25) is 4.79 Å². The Hall–Kier alpha value is -0.700. The molecule has 2 atom stereocenters. The molecule has 1 amide bonds. The molecule has 1 aliphatic rings. The highest BCUT2D eigenvalue weighted by Crippen LogP contribution is 2.17. The van der Waals surface area contributed by atoms with E-state index in [0.29, 0.717) is 19.6 Å². The molecule has 0 aromatic carbocycles. The summed E-state index contributed by atoms with van der Waals surface area (Å²) < 4.78 is 24.3. The zero-order valence-electron chi connectivity index (χ0n) is 10.5. The number of amides is 1. The number of piperidine rings is 1. The Kier molecular flexibility index (Phi) is 5.51. The van der Waals surface area contributed by atoms with E-state index in [0.717, 1.165) is 12.8 Å². The second-order valence-corrected chi connectivity index (χ2v) is 6.69. The first-order chi connectivity index (χ1) is 8.30. The summed E-state index contributed by atoms with van der Waals surface area (Å²) in [5.74, 6) is -0.558. The quantitative estimate of drug-likeness (QED) is 0.525. The predicted molar refractivity (Wildman–Crippen MR) is 67.2 cm³/mol. The average Bonchev–Trinajstić information content (AvgIpc) is 2.28. The number of carbonyl (C=O) groups is 1. The summed E-state index contributed by atoms with van der Waals surface area (Å²) in [6.07, 6.45) is 1.78. The van der Waals surface area contributed by atoms with Crippen molar-refractivity contribution in [3.05, 3.63) is 0 Å². The number of sulfonamides is 1. The summed E-state index contributed by atoms with van der Waals surface area (Å²) in [5, 5.41) is 12.1. The molecule has 1 saturated heterocycles. The van der Waals surface area contributed by atoms with Crippen molar-refractivity contribution in [3.63, 3.8) is 0 Å². The van der Waals surface area contributed by atoms with Crippen molar-refractivity contribution in [3.8, 4) is 0 Å². The molecule has 4 N–H and O–H groups in total. The Morgan fingerprint density at radius 1 is 1.61 bits per heavy atom. The fraction of sp³-hybridized carbons (Fsp3) is 0.900. The van der Waals surface area contributed by atoms with Crippen LogP contribution >= 0.6 is 0 Å². The Morgan fingerprint density at radius 3 is 2.83 bits per heavy atom. The Balaban J connectivity index is 2.33. The Bertz CT molecular complexity index is 385. The molecule has 2 unspecified atom stereocenters. The number of aliphatic hydroxyl groups excluding tert-OH is 1. The molecule has 0 radical (unpaired) electrons. The first-order valence-corrected chi connectivity index (χ1v) is 7.78. The van der Waals surface area contributed by atoms with Crippen molar-refractivity contribution in [1.29, 1.82) is 0 Å². The van der Waals surface area contributed by atoms with Crippen molar-refractivity contribution in [2.45, 2.75) is 18.9 Å². The summed E-state index contributed by atoms with van der Waals surface area (Å²) in [6, 6.07) is 0. The van der Waals surface area contributed by atoms with Crippen LogP contribution < -0.4 is 11.1 Å². The van der Waals surface area contributed by atoms with E-state index in [1.165, 1.54) is 10.6 Å². The number of carbonyl (C=O) groups excluding carboxylic acids is 1. The van der Waals surface area contributed by atoms with Gasteiger partial charge in [0, 0.05) is 19.6 Å². The highest BCUT2D eigenvalue weighted by Gasteiger charge is 2.25. The standard InChI is InChI=1S/C10H21N3O4S/c1-18(16,17)13-4-2-3-8(7-13)5-12-6-9(14)10(11)15/h8-9,12,14H,2-7H2,1H3,(H2,11,15). The lowest BCUT2D eigenvalue weighted by Gasteiger charge is -2.31. The summed E-state index contributed by atoms with van der Waals surface area (Å²) in [6.45, 7) is 1.72. The maximum absolute atomic E-state index is 11.4. The van der Waals surface area contributed by atoms with Crippen LogP contribution in [0.1, 0.15) is 12.8 Å². The van der Waals surface area contributed by atoms with Crippen LogP contribution in [0.15, 0.2) is 0 Å². The van der Waals surface area contributed by atoms with Gasteiger partial charge in [0.1, 0.15) is 6.10 Å². The van der Waals surface area contributed by atoms with Crippen LogP contribution in [0.3, 0.4) is 0 Å². The summed E-state index contributed by atoms with van der Waals surface area (Å²) in [7, 11) is -3.13. The van der Waals surface area contributed by atoms with Crippen LogP contribution in [0.25, 0.3) is 0 Å². The van der Waals surface area contributed by atoms with Gasteiger partial charge in [-0.1, -0.05) is 0 Å². The third-order valence-electron chi connectivity index (χ3n) is 3.05. The third-order valence-corrected chi connectivity index (χ3v) is 4.32. The molecule has 7 nitrogen and oxygen atoms in total. The van der Waals surface area contributed by atoms with Gasteiger partial charge in [-0.15, -0.1) is 0 Å². The second-order valence-electron chi connectivity index (χ2n) is 4.71. The van der Waals surface area contributed by atoms with Gasteiger partial charge in [0.15, 0.2) is 0 Å². The number of aliphatic hydroxyl groups is 1. The fourth-order valence-corrected chi connectivity index (χ4v) is 2.96. The zero-order chi connectivity index (χ0) is 13.8. The normalized spacial score (nSPS) is 23.8. The summed E-state index contributed by atoms with van der Waals surface area (Å²) in [4.78, 5) is 10.6. The molecule has 1 heterocycles. The van der Waals surface area contributed by atoms with Crippen molar-refractivity contribution >= 4 is 15.9 Å². The van der Waals surface area contributed by atoms with Crippen LogP contribution in [-0.2, 0) is 14.8 Å². The van der Waals surface area contributed by atoms with E-state index >= 15 is 0 Å². The van der Waals surface area contributed by atoms with Gasteiger partial charge in [0.2, 0.25) is 15.9 Å². The van der Waals surface area contributed by atoms with Gasteiger partial charge in [0.25, 0.3) is 0 Å². The lowest BCUT2D eigenvalue weighted by molar-refractivity contribution is -0.125. The molecule has 0 aromatic rings. The molecular formula is C10H21N3O4S. The van der Waals surface area contributed by atoms with Crippen molar-refractivity contribution < 1.29 is 18.3 Å². The average molecular weight is 279 g/mol. The molecule has 0 aromatic heterocycles. The number of primary amides is 1. The number of hydrogen-bond acceptors (Lipinski definition) is 5. The number of nitrogens with one attached hydrogen (secondary N) is 1. The van der Waals surface area contributed by atoms with Gasteiger partial charge in [-0.2, -0.15) is 0 Å². The zero-order valence-corrected chi connectivity index (χ0v) is 11.3. The van der Waals surface area contributed by atoms with Crippen LogP contribution in [-0.4, -0.2) is 62.3 Å². The van der Waals surface area contributed by atoms with Crippen LogP contribution in [0.5, 0.6) is 0 Å². The number of nitrogens with two attached hydrogens (primary N) is 1. The monoisotopic (exact) mass is 279 g/mol. The van der Waals surface area contributed by atoms with E-state index in [2.05, 4.69) is 5.32 Å². The molecule has 1 rings (SSSR count). The fourth-order valence-electron chi connectivity index (χ4n) is 2.02. The van der Waals surface area contributed by atoms with Crippen LogP contribution in [0, 0.1) is 5.92 Å². The van der Waals surface area contributed by atoms with Crippen molar-refractivity contribution in [2.24, 2.45) is 11.7 Å². The third kappa shape index (κ3) is 4.89. The Labute approximate surface area is 107 Å². The molecule has 0 spiro atoms. The van der Waals surface area contributed by atoms with Gasteiger partial charge < -0.3 is 16.2 Å². The first kappa shape index (κ1) is 15.4. The van der Waals surface area contributed by atoms with E-state index in [1.807, 2.05) is 0 Å². The summed E-state index contributed by atoms with van der Waals surface area (Å²) in [5.41, 5.74) is 4.92. The molecule has 1 fully saturated rings. The smallest absolute Gasteiger partial charge is 0.247 e. The number of nitrogens with zero attached hydrogens (tertiary/aromatic N) is 1. The maximum atomic E-state index is 11.4. The topological polar surface area (TPSA) is 113 Å². The molecule has 0 aliphatic carbocycles. The lowest BCUT2D eigenvalue weighted by Crippen LogP contribution is -2.44. The van der Waals surface area contributed by atoms with E-state index < -0.39 is 22.0 Å². The van der Waals surface area contributed by atoms with E-state index in [9.17, 15) is 18.3 Å². The minimum Gasteiger partial charge on any atom is -0.382 e. The van der Waals surface area contributed by atoms with Gasteiger partial charge in [-0.05, 0) is 25.3 Å². The highest BCUT2D eigenvalue weighted by molar-refractivity contribution is 7.88. The van der Waals surface area contributed by atoms with Gasteiger partial charge in [-0.25, -0.2) is 12.7 Å². The van der Waals surface area contributed by atoms with Crippen LogP contribution in [0.4, 0.5) is 0 Å². The SMILES string of the molecule is CS(=O)(=O)N1CCCC(CNCC(O)C(N)=O)C1. The second kappa shape index (κ2) is 6.46. The van der Waals surface area contributed by atoms with E-state index in [4.69, 9.17) is 5.73 Å². The van der Waals surface area contributed by atoms with Crippen molar-refractivity contribution in [2.75, 3.05) is 32.4 Å².